The van der Waals surface area contributed by atoms with E-state index in [1.54, 1.807) is 0 Å². The molecule has 4 nitrogen and oxygen atoms in total. The van der Waals surface area contributed by atoms with Gasteiger partial charge in [-0.15, -0.1) is 0 Å². The summed E-state index contributed by atoms with van der Waals surface area (Å²) < 4.78 is 0. The zero-order chi connectivity index (χ0) is 14.0. The molecule has 5 atom stereocenters. The van der Waals surface area contributed by atoms with Gasteiger partial charge < -0.3 is 5.73 Å². The molecule has 1 saturated heterocycles. The van der Waals surface area contributed by atoms with Gasteiger partial charge in [0.2, 0.25) is 5.91 Å². The van der Waals surface area contributed by atoms with Crippen molar-refractivity contribution in [1.29, 1.82) is 0 Å². The summed E-state index contributed by atoms with van der Waals surface area (Å²) in [6.07, 6.45) is 6.84. The van der Waals surface area contributed by atoms with E-state index in [2.05, 4.69) is 31.2 Å². The van der Waals surface area contributed by atoms with Crippen LogP contribution in [0.3, 0.4) is 0 Å². The van der Waals surface area contributed by atoms with Gasteiger partial charge in [0, 0.05) is 18.1 Å². The number of nitrogens with one attached hydrogen (secondary N) is 1. The zero-order valence-corrected chi connectivity index (χ0v) is 12.6. The molecule has 1 aliphatic heterocycles. The van der Waals surface area contributed by atoms with Crippen LogP contribution >= 0.6 is 0 Å². The second-order valence-corrected chi connectivity index (χ2v) is 6.61. The quantitative estimate of drug-likeness (QED) is 0.805. The molecule has 19 heavy (non-hydrogen) atoms. The lowest BCUT2D eigenvalue weighted by atomic mass is 9.77. The van der Waals surface area contributed by atoms with Crippen molar-refractivity contribution in [3.05, 3.63) is 0 Å². The van der Waals surface area contributed by atoms with Crippen LogP contribution in [0.2, 0.25) is 0 Å². The van der Waals surface area contributed by atoms with E-state index in [0.29, 0.717) is 18.0 Å². The number of carbonyl (C=O) groups excluding carboxylic acids is 1. The van der Waals surface area contributed by atoms with Crippen LogP contribution in [0.5, 0.6) is 0 Å². The summed E-state index contributed by atoms with van der Waals surface area (Å²) in [5, 5.41) is 2.15. The first-order chi connectivity index (χ1) is 9.00. The fourth-order valence-electron chi connectivity index (χ4n) is 3.75. The maximum absolute atomic E-state index is 12.5. The van der Waals surface area contributed by atoms with Gasteiger partial charge in [0.25, 0.3) is 0 Å². The third kappa shape index (κ3) is 3.29. The molecule has 2 aliphatic rings. The average Bonchev–Trinajstić information content (AvgIpc) is 2.34. The third-order valence-electron chi connectivity index (χ3n) is 5.01. The number of hydrazine groups is 1. The molecule has 110 valence electrons. The topological polar surface area (TPSA) is 58.4 Å². The molecular formula is C15H29N3O. The van der Waals surface area contributed by atoms with E-state index in [0.717, 1.165) is 32.1 Å². The monoisotopic (exact) mass is 267 g/mol. The van der Waals surface area contributed by atoms with E-state index < -0.39 is 0 Å². The fourth-order valence-corrected chi connectivity index (χ4v) is 3.75. The van der Waals surface area contributed by atoms with Crippen molar-refractivity contribution in [2.45, 2.75) is 77.4 Å². The summed E-state index contributed by atoms with van der Waals surface area (Å²) >= 11 is 0. The standard InChI is InChI=1S/C15H29N3O/c1-10-6-4-9-13(16)14(10)15(19)17-18-11(2)7-5-8-12(18)3/h10-14H,4-9,16H2,1-3H3,(H,17,19). The maximum atomic E-state index is 12.5. The molecule has 0 aromatic heterocycles. The van der Waals surface area contributed by atoms with E-state index in [4.69, 9.17) is 5.73 Å². The van der Waals surface area contributed by atoms with E-state index in [-0.39, 0.29) is 17.9 Å². The van der Waals surface area contributed by atoms with E-state index in [1.165, 1.54) is 6.42 Å². The molecule has 1 heterocycles. The lowest BCUT2D eigenvalue weighted by Gasteiger charge is -2.41. The molecule has 1 saturated carbocycles. The van der Waals surface area contributed by atoms with Gasteiger partial charge >= 0.3 is 0 Å². The van der Waals surface area contributed by atoms with Crippen molar-refractivity contribution in [3.63, 3.8) is 0 Å². The number of carbonyl (C=O) groups is 1. The van der Waals surface area contributed by atoms with Crippen LogP contribution in [0.25, 0.3) is 0 Å². The summed E-state index contributed by atoms with van der Waals surface area (Å²) in [4.78, 5) is 12.5. The second-order valence-electron chi connectivity index (χ2n) is 6.61. The average molecular weight is 267 g/mol. The zero-order valence-electron chi connectivity index (χ0n) is 12.6. The summed E-state index contributed by atoms with van der Waals surface area (Å²) in [6.45, 7) is 6.55. The van der Waals surface area contributed by atoms with Crippen LogP contribution in [0, 0.1) is 11.8 Å². The number of hydrogen-bond acceptors (Lipinski definition) is 3. The van der Waals surface area contributed by atoms with Gasteiger partial charge in [0.15, 0.2) is 0 Å². The van der Waals surface area contributed by atoms with Gasteiger partial charge in [0.1, 0.15) is 0 Å². The van der Waals surface area contributed by atoms with E-state index in [1.807, 2.05) is 0 Å². The number of hydrogen-bond donors (Lipinski definition) is 2. The molecule has 0 spiro atoms. The van der Waals surface area contributed by atoms with Gasteiger partial charge in [-0.05, 0) is 45.4 Å². The minimum absolute atomic E-state index is 0.0184. The van der Waals surface area contributed by atoms with Gasteiger partial charge in [-0.25, -0.2) is 5.01 Å². The predicted molar refractivity (Wildman–Crippen MR) is 77.2 cm³/mol. The highest BCUT2D eigenvalue weighted by Gasteiger charge is 2.36. The molecule has 0 radical (unpaired) electrons. The lowest BCUT2D eigenvalue weighted by Crippen LogP contribution is -2.58. The Hall–Kier alpha value is -0.610. The first-order valence-electron chi connectivity index (χ1n) is 7.85. The van der Waals surface area contributed by atoms with Crippen LogP contribution in [0.4, 0.5) is 0 Å². The van der Waals surface area contributed by atoms with Crippen LogP contribution in [0.15, 0.2) is 0 Å². The smallest absolute Gasteiger partial charge is 0.239 e. The summed E-state index contributed by atoms with van der Waals surface area (Å²) in [7, 11) is 0. The predicted octanol–water partition coefficient (Wildman–Crippen LogP) is 2.04. The molecule has 1 aliphatic carbocycles. The summed E-state index contributed by atoms with van der Waals surface area (Å²) in [5.41, 5.74) is 9.33. The molecule has 4 heteroatoms. The maximum Gasteiger partial charge on any atom is 0.239 e. The fraction of sp³-hybridized carbons (Fsp3) is 0.933. The van der Waals surface area contributed by atoms with Crippen molar-refractivity contribution in [2.75, 3.05) is 0 Å². The normalized spacial score (nSPS) is 40.9. The highest BCUT2D eigenvalue weighted by molar-refractivity contribution is 5.79. The van der Waals surface area contributed by atoms with Gasteiger partial charge in [0.05, 0.1) is 5.92 Å². The Balaban J connectivity index is 1.99. The number of rotatable bonds is 2. The van der Waals surface area contributed by atoms with Gasteiger partial charge in [-0.2, -0.15) is 0 Å². The van der Waals surface area contributed by atoms with Crippen molar-refractivity contribution < 1.29 is 4.79 Å². The molecule has 5 unspecified atom stereocenters. The Labute approximate surface area is 117 Å². The van der Waals surface area contributed by atoms with Crippen LogP contribution in [0.1, 0.15) is 59.3 Å². The Morgan fingerprint density at radius 3 is 2.21 bits per heavy atom. The van der Waals surface area contributed by atoms with Gasteiger partial charge in [-0.3, -0.25) is 10.2 Å². The van der Waals surface area contributed by atoms with Crippen LogP contribution in [-0.4, -0.2) is 29.0 Å². The summed E-state index contributed by atoms with van der Waals surface area (Å²) in [6, 6.07) is 0.893. The Kier molecular flexibility index (Phi) is 4.85. The van der Waals surface area contributed by atoms with E-state index in [9.17, 15) is 4.79 Å². The van der Waals surface area contributed by atoms with Crippen molar-refractivity contribution >= 4 is 5.91 Å². The SMILES string of the molecule is CC1CCCC(N)C1C(=O)NN1C(C)CCCC1C. The number of piperidine rings is 1. The van der Waals surface area contributed by atoms with Gasteiger partial charge in [-0.1, -0.05) is 19.8 Å². The largest absolute Gasteiger partial charge is 0.327 e. The minimum atomic E-state index is -0.0184. The number of amides is 1. The molecule has 0 aromatic carbocycles. The third-order valence-corrected chi connectivity index (χ3v) is 5.01. The molecule has 0 bridgehead atoms. The van der Waals surface area contributed by atoms with E-state index >= 15 is 0 Å². The second kappa shape index (κ2) is 6.23. The number of nitrogens with zero attached hydrogens (tertiary/aromatic N) is 1. The molecule has 0 aromatic rings. The lowest BCUT2D eigenvalue weighted by molar-refractivity contribution is -0.136. The van der Waals surface area contributed by atoms with Crippen LogP contribution < -0.4 is 11.2 Å². The summed E-state index contributed by atoms with van der Waals surface area (Å²) in [5.74, 6) is 0.523. The Morgan fingerprint density at radius 2 is 1.63 bits per heavy atom. The first kappa shape index (κ1) is 14.8. The number of nitrogens with two attached hydrogens (primary N) is 1. The molecule has 2 rings (SSSR count). The first-order valence-corrected chi connectivity index (χ1v) is 7.85. The Morgan fingerprint density at radius 1 is 1.05 bits per heavy atom. The van der Waals surface area contributed by atoms with Crippen molar-refractivity contribution in [3.8, 4) is 0 Å². The van der Waals surface area contributed by atoms with Crippen molar-refractivity contribution in [1.82, 2.24) is 10.4 Å². The minimum Gasteiger partial charge on any atom is -0.327 e. The Bertz CT molecular complexity index is 301. The highest BCUT2D eigenvalue weighted by atomic mass is 16.2. The van der Waals surface area contributed by atoms with Crippen LogP contribution in [-0.2, 0) is 4.79 Å². The molecular weight excluding hydrogens is 238 g/mol. The van der Waals surface area contributed by atoms with Crippen molar-refractivity contribution in [2.24, 2.45) is 17.6 Å². The molecule has 1 amide bonds. The molecule has 2 fully saturated rings. The highest BCUT2D eigenvalue weighted by Crippen LogP contribution is 2.29. The molecule has 3 N–H and O–H groups in total.